The predicted octanol–water partition coefficient (Wildman–Crippen LogP) is 3.22. The molecule has 3 rings (SSSR count). The fraction of sp³-hybridized carbons (Fsp3) is 0.278. The SMILES string of the molecule is COC(=O)c1cccc(Cn2c(C)nc3sc(C)c(C)c3c2=O)c1. The van der Waals surface area contributed by atoms with Crippen molar-refractivity contribution < 1.29 is 9.53 Å². The number of ether oxygens (including phenoxy) is 1. The van der Waals surface area contributed by atoms with E-state index in [-0.39, 0.29) is 5.56 Å². The number of aryl methyl sites for hydroxylation is 3. The number of nitrogens with zero attached hydrogens (tertiary/aromatic N) is 2. The summed E-state index contributed by atoms with van der Waals surface area (Å²) in [4.78, 5) is 31.0. The zero-order valence-electron chi connectivity index (χ0n) is 14.0. The average Bonchev–Trinajstić information content (AvgIpc) is 2.85. The van der Waals surface area contributed by atoms with Gasteiger partial charge in [0.15, 0.2) is 0 Å². The van der Waals surface area contributed by atoms with Gasteiger partial charge >= 0.3 is 5.97 Å². The molecule has 0 aliphatic carbocycles. The van der Waals surface area contributed by atoms with Crippen molar-refractivity contribution in [3.63, 3.8) is 0 Å². The molecule has 0 saturated carbocycles. The van der Waals surface area contributed by atoms with Crippen LogP contribution in [0.1, 0.15) is 32.2 Å². The third-order valence-corrected chi connectivity index (χ3v) is 5.27. The maximum absolute atomic E-state index is 12.9. The lowest BCUT2D eigenvalue weighted by Crippen LogP contribution is -2.24. The molecule has 0 atom stereocenters. The van der Waals surface area contributed by atoms with Gasteiger partial charge in [0.1, 0.15) is 10.7 Å². The van der Waals surface area contributed by atoms with Gasteiger partial charge in [-0.25, -0.2) is 9.78 Å². The van der Waals surface area contributed by atoms with Crippen LogP contribution in [0.25, 0.3) is 10.2 Å². The summed E-state index contributed by atoms with van der Waals surface area (Å²) in [7, 11) is 1.35. The Morgan fingerprint density at radius 3 is 2.75 bits per heavy atom. The highest BCUT2D eigenvalue weighted by atomic mass is 32.1. The number of esters is 1. The number of carbonyl (C=O) groups is 1. The van der Waals surface area contributed by atoms with Gasteiger partial charge in [-0.05, 0) is 44.0 Å². The first-order valence-corrected chi connectivity index (χ1v) is 8.38. The minimum Gasteiger partial charge on any atom is -0.465 e. The van der Waals surface area contributed by atoms with Crippen LogP contribution in [0.3, 0.4) is 0 Å². The molecular weight excluding hydrogens is 324 g/mol. The van der Waals surface area contributed by atoms with E-state index in [1.165, 1.54) is 7.11 Å². The van der Waals surface area contributed by atoms with E-state index in [0.29, 0.717) is 23.3 Å². The fourth-order valence-corrected chi connectivity index (χ4v) is 3.78. The molecule has 0 amide bonds. The van der Waals surface area contributed by atoms with Crippen LogP contribution in [-0.4, -0.2) is 22.6 Å². The maximum atomic E-state index is 12.9. The van der Waals surface area contributed by atoms with Crippen LogP contribution in [0, 0.1) is 20.8 Å². The van der Waals surface area contributed by atoms with E-state index >= 15 is 0 Å². The van der Waals surface area contributed by atoms with Crippen molar-refractivity contribution in [3.8, 4) is 0 Å². The van der Waals surface area contributed by atoms with E-state index in [9.17, 15) is 9.59 Å². The van der Waals surface area contributed by atoms with Crippen LogP contribution < -0.4 is 5.56 Å². The summed E-state index contributed by atoms with van der Waals surface area (Å²) in [5, 5.41) is 0.687. The first-order chi connectivity index (χ1) is 11.4. The number of carbonyl (C=O) groups excluding carboxylic acids is 1. The van der Waals surface area contributed by atoms with E-state index in [1.54, 1.807) is 34.1 Å². The first-order valence-electron chi connectivity index (χ1n) is 7.56. The third kappa shape index (κ3) is 2.73. The number of hydrogen-bond acceptors (Lipinski definition) is 5. The second kappa shape index (κ2) is 6.20. The van der Waals surface area contributed by atoms with Crippen molar-refractivity contribution in [2.24, 2.45) is 0 Å². The summed E-state index contributed by atoms with van der Waals surface area (Å²) in [5.41, 5.74) is 2.28. The fourth-order valence-electron chi connectivity index (χ4n) is 2.71. The monoisotopic (exact) mass is 342 g/mol. The number of hydrogen-bond donors (Lipinski definition) is 0. The van der Waals surface area contributed by atoms with Crippen LogP contribution in [0.2, 0.25) is 0 Å². The highest BCUT2D eigenvalue weighted by molar-refractivity contribution is 7.18. The molecule has 1 aromatic carbocycles. The summed E-state index contributed by atoms with van der Waals surface area (Å²) in [6.07, 6.45) is 0. The van der Waals surface area contributed by atoms with Gasteiger partial charge in [-0.15, -0.1) is 11.3 Å². The topological polar surface area (TPSA) is 61.2 Å². The van der Waals surface area contributed by atoms with Crippen molar-refractivity contribution >= 4 is 27.5 Å². The summed E-state index contributed by atoms with van der Waals surface area (Å²) in [6.45, 7) is 6.15. The molecule has 0 unspecified atom stereocenters. The van der Waals surface area contributed by atoms with Crippen LogP contribution in [-0.2, 0) is 11.3 Å². The quantitative estimate of drug-likeness (QED) is 0.686. The number of thiophene rings is 1. The summed E-state index contributed by atoms with van der Waals surface area (Å²) in [6, 6.07) is 7.11. The van der Waals surface area contributed by atoms with Crippen molar-refractivity contribution in [2.45, 2.75) is 27.3 Å². The number of benzene rings is 1. The second-order valence-electron chi connectivity index (χ2n) is 5.71. The van der Waals surface area contributed by atoms with E-state index < -0.39 is 5.97 Å². The molecule has 0 fully saturated rings. The number of aromatic nitrogens is 2. The molecule has 0 bridgehead atoms. The predicted molar refractivity (Wildman–Crippen MR) is 95.0 cm³/mol. The maximum Gasteiger partial charge on any atom is 0.337 e. The smallest absolute Gasteiger partial charge is 0.337 e. The zero-order chi connectivity index (χ0) is 17.4. The largest absolute Gasteiger partial charge is 0.465 e. The van der Waals surface area contributed by atoms with Gasteiger partial charge in [0.05, 0.1) is 24.6 Å². The molecule has 0 spiro atoms. The van der Waals surface area contributed by atoms with Crippen LogP contribution in [0.4, 0.5) is 0 Å². The van der Waals surface area contributed by atoms with Gasteiger partial charge in [0.25, 0.3) is 5.56 Å². The second-order valence-corrected chi connectivity index (χ2v) is 6.91. The van der Waals surface area contributed by atoms with Gasteiger partial charge in [-0.1, -0.05) is 12.1 Å². The lowest BCUT2D eigenvalue weighted by atomic mass is 10.1. The molecule has 5 nitrogen and oxygen atoms in total. The molecule has 2 heterocycles. The van der Waals surface area contributed by atoms with Crippen LogP contribution in [0.5, 0.6) is 0 Å². The Morgan fingerprint density at radius 1 is 1.29 bits per heavy atom. The van der Waals surface area contributed by atoms with Crippen molar-refractivity contribution in [1.29, 1.82) is 0 Å². The molecular formula is C18H18N2O3S. The van der Waals surface area contributed by atoms with Crippen molar-refractivity contribution in [2.75, 3.05) is 7.11 Å². The van der Waals surface area contributed by atoms with E-state index in [2.05, 4.69) is 4.98 Å². The number of methoxy groups -OCH3 is 1. The Morgan fingerprint density at radius 2 is 2.04 bits per heavy atom. The molecule has 0 saturated heterocycles. The molecule has 3 aromatic rings. The Hall–Kier alpha value is -2.47. The zero-order valence-corrected chi connectivity index (χ0v) is 14.9. The highest BCUT2D eigenvalue weighted by Gasteiger charge is 2.15. The van der Waals surface area contributed by atoms with Crippen LogP contribution in [0.15, 0.2) is 29.1 Å². The third-order valence-electron chi connectivity index (χ3n) is 4.17. The minimum absolute atomic E-state index is 0.0391. The Balaban J connectivity index is 2.09. The first kappa shape index (κ1) is 16.4. The normalized spacial score (nSPS) is 11.0. The summed E-state index contributed by atoms with van der Waals surface area (Å²) in [5.74, 6) is 0.274. The molecule has 6 heteroatoms. The molecule has 0 N–H and O–H groups in total. The van der Waals surface area contributed by atoms with Crippen LogP contribution >= 0.6 is 11.3 Å². The molecule has 0 aliphatic rings. The summed E-state index contributed by atoms with van der Waals surface area (Å²) >= 11 is 1.55. The molecule has 124 valence electrons. The van der Waals surface area contributed by atoms with Crippen molar-refractivity contribution in [3.05, 3.63) is 62.0 Å². The van der Waals surface area contributed by atoms with Gasteiger partial charge < -0.3 is 4.74 Å². The molecule has 0 aliphatic heterocycles. The number of rotatable bonds is 3. The van der Waals surface area contributed by atoms with E-state index in [1.807, 2.05) is 26.8 Å². The van der Waals surface area contributed by atoms with Gasteiger partial charge in [0.2, 0.25) is 0 Å². The highest BCUT2D eigenvalue weighted by Crippen LogP contribution is 2.26. The van der Waals surface area contributed by atoms with Crippen molar-refractivity contribution in [1.82, 2.24) is 9.55 Å². The molecule has 2 aromatic heterocycles. The summed E-state index contributed by atoms with van der Waals surface area (Å²) < 4.78 is 6.40. The number of fused-ring (bicyclic) bond motifs is 1. The van der Waals surface area contributed by atoms with Gasteiger partial charge in [0, 0.05) is 4.88 Å². The average molecular weight is 342 g/mol. The lowest BCUT2D eigenvalue weighted by Gasteiger charge is -2.10. The lowest BCUT2D eigenvalue weighted by molar-refractivity contribution is 0.0600. The van der Waals surface area contributed by atoms with Gasteiger partial charge in [-0.2, -0.15) is 0 Å². The molecule has 0 radical (unpaired) electrons. The van der Waals surface area contributed by atoms with E-state index in [4.69, 9.17) is 4.74 Å². The Labute approximate surface area is 143 Å². The molecule has 24 heavy (non-hydrogen) atoms. The van der Waals surface area contributed by atoms with Gasteiger partial charge in [-0.3, -0.25) is 9.36 Å². The Bertz CT molecular complexity index is 1000. The van der Waals surface area contributed by atoms with E-state index in [0.717, 1.165) is 20.8 Å². The standard InChI is InChI=1S/C18H18N2O3S/c1-10-11(2)24-16-15(10)17(21)20(12(3)19-16)9-13-6-5-7-14(8-13)18(22)23-4/h5-8H,9H2,1-4H3. The Kier molecular flexibility index (Phi) is 4.24. The minimum atomic E-state index is -0.390.